The van der Waals surface area contributed by atoms with Crippen LogP contribution in [0.25, 0.3) is 0 Å². The average Bonchev–Trinajstić information content (AvgIpc) is 2.17. The summed E-state index contributed by atoms with van der Waals surface area (Å²) in [6, 6.07) is 1.27. The third-order valence-corrected chi connectivity index (χ3v) is 2.27. The molecule has 1 aromatic rings. The predicted molar refractivity (Wildman–Crippen MR) is 50.8 cm³/mol. The molecule has 5 heteroatoms. The Hall–Kier alpha value is -1.91. The predicted octanol–water partition coefficient (Wildman–Crippen LogP) is 1.07. The maximum absolute atomic E-state index is 11.5. The van der Waals surface area contributed by atoms with Gasteiger partial charge in [-0.05, 0) is 0 Å². The third kappa shape index (κ3) is 1.36. The Morgan fingerprint density at radius 1 is 1.47 bits per heavy atom. The normalized spacial score (nSPS) is 14.3. The van der Waals surface area contributed by atoms with E-state index in [1.165, 1.54) is 13.2 Å². The minimum Gasteiger partial charge on any atom is -0.504 e. The van der Waals surface area contributed by atoms with Gasteiger partial charge >= 0.3 is 0 Å². The maximum Gasteiger partial charge on any atom is 0.203 e. The van der Waals surface area contributed by atoms with Crippen LogP contribution in [0.5, 0.6) is 23.0 Å². The van der Waals surface area contributed by atoms with Crippen molar-refractivity contribution in [1.82, 2.24) is 0 Å². The van der Waals surface area contributed by atoms with E-state index in [4.69, 9.17) is 9.47 Å². The first-order chi connectivity index (χ1) is 7.15. The molecule has 5 nitrogen and oxygen atoms in total. The monoisotopic (exact) mass is 210 g/mol. The number of ketones is 1. The Kier molecular flexibility index (Phi) is 2.15. The van der Waals surface area contributed by atoms with E-state index in [0.717, 1.165) is 0 Å². The fraction of sp³-hybridized carbons (Fsp3) is 0.300. The van der Waals surface area contributed by atoms with Crippen LogP contribution < -0.4 is 9.47 Å². The Morgan fingerprint density at radius 3 is 2.87 bits per heavy atom. The van der Waals surface area contributed by atoms with Gasteiger partial charge in [-0.2, -0.15) is 0 Å². The van der Waals surface area contributed by atoms with Gasteiger partial charge in [0.25, 0.3) is 0 Å². The molecule has 0 aromatic heterocycles. The van der Waals surface area contributed by atoms with E-state index in [9.17, 15) is 15.0 Å². The number of methoxy groups -OCH3 is 1. The van der Waals surface area contributed by atoms with Gasteiger partial charge in [0.1, 0.15) is 11.3 Å². The average molecular weight is 210 g/mol. The van der Waals surface area contributed by atoms with Crippen LogP contribution in [0.4, 0.5) is 0 Å². The summed E-state index contributed by atoms with van der Waals surface area (Å²) in [4.78, 5) is 11.5. The van der Waals surface area contributed by atoms with Gasteiger partial charge in [0.05, 0.1) is 13.7 Å². The molecule has 1 aliphatic rings. The van der Waals surface area contributed by atoms with Crippen molar-refractivity contribution in [2.75, 3.05) is 13.7 Å². The summed E-state index contributed by atoms with van der Waals surface area (Å²) in [5.41, 5.74) is 0.0795. The van der Waals surface area contributed by atoms with E-state index >= 15 is 0 Å². The lowest BCUT2D eigenvalue weighted by Crippen LogP contribution is -2.15. The standard InChI is InChI=1S/C10H10O5/c1-14-10-6(12)4-7-8(9(10)13)5(11)2-3-15-7/h4,12-13H,2-3H2,1H3. The molecule has 80 valence electrons. The van der Waals surface area contributed by atoms with Crippen LogP contribution in [-0.4, -0.2) is 29.7 Å². The molecule has 1 aromatic carbocycles. The van der Waals surface area contributed by atoms with E-state index in [0.29, 0.717) is 0 Å². The van der Waals surface area contributed by atoms with E-state index in [2.05, 4.69) is 0 Å². The minimum absolute atomic E-state index is 0.0795. The highest BCUT2D eigenvalue weighted by Crippen LogP contribution is 2.45. The lowest BCUT2D eigenvalue weighted by Gasteiger charge is -2.19. The quantitative estimate of drug-likeness (QED) is 0.725. The summed E-state index contributed by atoms with van der Waals surface area (Å²) in [6.45, 7) is 0.261. The molecule has 0 saturated carbocycles. The highest BCUT2D eigenvalue weighted by Gasteiger charge is 2.27. The van der Waals surface area contributed by atoms with Crippen LogP contribution in [0, 0.1) is 0 Å². The molecule has 0 saturated heterocycles. The van der Waals surface area contributed by atoms with Gasteiger partial charge in [-0.3, -0.25) is 4.79 Å². The van der Waals surface area contributed by atoms with Crippen molar-refractivity contribution in [2.45, 2.75) is 6.42 Å². The van der Waals surface area contributed by atoms with Gasteiger partial charge in [0, 0.05) is 12.5 Å². The lowest BCUT2D eigenvalue weighted by atomic mass is 10.0. The first kappa shape index (κ1) is 9.64. The first-order valence-electron chi connectivity index (χ1n) is 4.44. The van der Waals surface area contributed by atoms with Crippen molar-refractivity contribution < 1.29 is 24.5 Å². The fourth-order valence-electron chi connectivity index (χ4n) is 1.58. The number of fused-ring (bicyclic) bond motifs is 1. The van der Waals surface area contributed by atoms with Crippen molar-refractivity contribution >= 4 is 5.78 Å². The molecule has 1 heterocycles. The number of carbonyl (C=O) groups is 1. The summed E-state index contributed by atoms with van der Waals surface area (Å²) in [7, 11) is 1.30. The largest absolute Gasteiger partial charge is 0.504 e. The van der Waals surface area contributed by atoms with Crippen molar-refractivity contribution in [3.63, 3.8) is 0 Å². The van der Waals surface area contributed by atoms with Crippen LogP contribution in [0.3, 0.4) is 0 Å². The zero-order valence-electron chi connectivity index (χ0n) is 8.11. The van der Waals surface area contributed by atoms with Gasteiger partial charge in [0.2, 0.25) is 5.75 Å². The number of aromatic hydroxyl groups is 2. The van der Waals surface area contributed by atoms with E-state index in [-0.39, 0.29) is 47.4 Å². The molecule has 0 bridgehead atoms. The van der Waals surface area contributed by atoms with Crippen molar-refractivity contribution in [1.29, 1.82) is 0 Å². The number of hydrogen-bond acceptors (Lipinski definition) is 5. The summed E-state index contributed by atoms with van der Waals surface area (Å²) in [5, 5.41) is 19.2. The number of phenols is 2. The molecule has 0 amide bonds. The number of ether oxygens (including phenoxy) is 2. The van der Waals surface area contributed by atoms with Crippen LogP contribution in [-0.2, 0) is 0 Å². The molecule has 0 aliphatic carbocycles. The smallest absolute Gasteiger partial charge is 0.203 e. The van der Waals surface area contributed by atoms with Crippen molar-refractivity contribution in [3.05, 3.63) is 11.6 Å². The topological polar surface area (TPSA) is 76.0 Å². The summed E-state index contributed by atoms with van der Waals surface area (Å²) in [6.07, 6.45) is 0.217. The third-order valence-electron chi connectivity index (χ3n) is 2.27. The highest BCUT2D eigenvalue weighted by atomic mass is 16.5. The Morgan fingerprint density at radius 2 is 2.20 bits per heavy atom. The second-order valence-corrected chi connectivity index (χ2v) is 3.17. The van der Waals surface area contributed by atoms with E-state index in [1.54, 1.807) is 0 Å². The number of rotatable bonds is 1. The molecule has 15 heavy (non-hydrogen) atoms. The summed E-state index contributed by atoms with van der Waals surface area (Å²) < 4.78 is 9.94. The molecule has 0 fully saturated rings. The van der Waals surface area contributed by atoms with Crippen LogP contribution >= 0.6 is 0 Å². The van der Waals surface area contributed by atoms with E-state index < -0.39 is 0 Å². The van der Waals surface area contributed by atoms with Gasteiger partial charge in [0.15, 0.2) is 17.3 Å². The molecule has 0 atom stereocenters. The Balaban J connectivity index is 2.67. The lowest BCUT2D eigenvalue weighted by molar-refractivity contribution is 0.0928. The SMILES string of the molecule is COc1c(O)cc2c(c1O)C(=O)CCO2. The Labute approximate surface area is 85.9 Å². The molecular formula is C10H10O5. The molecule has 2 rings (SSSR count). The number of phenolic OH excluding ortho intramolecular Hbond substituents is 2. The summed E-state index contributed by atoms with van der Waals surface area (Å²) in [5.74, 6) is -0.734. The zero-order valence-corrected chi connectivity index (χ0v) is 8.11. The molecule has 0 radical (unpaired) electrons. The number of hydrogen-bond donors (Lipinski definition) is 2. The van der Waals surface area contributed by atoms with Gasteiger partial charge < -0.3 is 19.7 Å². The van der Waals surface area contributed by atoms with Crippen molar-refractivity contribution in [3.8, 4) is 23.0 Å². The molecular weight excluding hydrogens is 200 g/mol. The van der Waals surface area contributed by atoms with Crippen LogP contribution in [0.1, 0.15) is 16.8 Å². The van der Waals surface area contributed by atoms with Gasteiger partial charge in [-0.1, -0.05) is 0 Å². The van der Waals surface area contributed by atoms with E-state index in [1.807, 2.05) is 0 Å². The molecule has 0 unspecified atom stereocenters. The number of benzene rings is 1. The second kappa shape index (κ2) is 3.34. The maximum atomic E-state index is 11.5. The van der Waals surface area contributed by atoms with Crippen molar-refractivity contribution in [2.24, 2.45) is 0 Å². The van der Waals surface area contributed by atoms with Gasteiger partial charge in [-0.25, -0.2) is 0 Å². The van der Waals surface area contributed by atoms with Crippen LogP contribution in [0.2, 0.25) is 0 Å². The fourth-order valence-corrected chi connectivity index (χ4v) is 1.58. The van der Waals surface area contributed by atoms with Crippen LogP contribution in [0.15, 0.2) is 6.07 Å². The number of carbonyl (C=O) groups excluding carboxylic acids is 1. The Bertz CT molecular complexity index is 424. The minimum atomic E-state index is -0.364. The zero-order chi connectivity index (χ0) is 11.0. The molecule has 1 aliphatic heterocycles. The first-order valence-corrected chi connectivity index (χ1v) is 4.44. The van der Waals surface area contributed by atoms with Gasteiger partial charge in [-0.15, -0.1) is 0 Å². The highest BCUT2D eigenvalue weighted by molar-refractivity contribution is 6.03. The second-order valence-electron chi connectivity index (χ2n) is 3.17. The number of Topliss-reactive ketones (excluding diaryl/α,β-unsaturated/α-hetero) is 1. The summed E-state index contributed by atoms with van der Waals surface area (Å²) >= 11 is 0. The molecule has 2 N–H and O–H groups in total. The molecule has 0 spiro atoms.